The van der Waals surface area contributed by atoms with Crippen molar-refractivity contribution in [2.45, 2.75) is 0 Å². The van der Waals surface area contributed by atoms with Gasteiger partial charge in [-0.25, -0.2) is 0 Å². The van der Waals surface area contributed by atoms with Crippen molar-refractivity contribution in [2.24, 2.45) is 0 Å². The first-order chi connectivity index (χ1) is 3.39. The van der Waals surface area contributed by atoms with Gasteiger partial charge in [0.25, 0.3) is 0 Å². The average molecular weight is 106 g/mol. The van der Waals surface area contributed by atoms with E-state index in [1.54, 1.807) is 18.2 Å². The number of pyridine rings is 1. The van der Waals surface area contributed by atoms with Crippen LogP contribution >= 0.6 is 0 Å². The number of aromatic nitrogens is 1. The van der Waals surface area contributed by atoms with E-state index < -0.39 is 0 Å². The van der Waals surface area contributed by atoms with E-state index in [0.717, 1.165) is 4.73 Å². The van der Waals surface area contributed by atoms with Crippen LogP contribution in [0.3, 0.4) is 0 Å². The van der Waals surface area contributed by atoms with Gasteiger partial charge in [0.15, 0.2) is 12.4 Å². The molecule has 0 spiro atoms. The third kappa shape index (κ3) is 1.64. The standard InChI is InChI=1S/C5H5NO.B/c7-6-4-2-1-3-5-6;/h1-5H;. The van der Waals surface area contributed by atoms with Crippen LogP contribution in [-0.4, -0.2) is 8.41 Å². The Morgan fingerprint density at radius 3 is 1.75 bits per heavy atom. The lowest BCUT2D eigenvalue weighted by Crippen LogP contribution is -2.22. The first-order valence-corrected chi connectivity index (χ1v) is 2.03. The number of hydrogen-bond donors (Lipinski definition) is 0. The van der Waals surface area contributed by atoms with Crippen LogP contribution in [0.25, 0.3) is 0 Å². The largest absolute Gasteiger partial charge is 0.619 e. The Morgan fingerprint density at radius 2 is 1.50 bits per heavy atom. The average Bonchev–Trinajstić information content (AvgIpc) is 1.69. The van der Waals surface area contributed by atoms with Crippen molar-refractivity contribution in [1.29, 1.82) is 0 Å². The van der Waals surface area contributed by atoms with Gasteiger partial charge in [0.2, 0.25) is 0 Å². The fourth-order valence-electron chi connectivity index (χ4n) is 0.383. The predicted molar refractivity (Wildman–Crippen MR) is 31.2 cm³/mol. The third-order valence-corrected chi connectivity index (χ3v) is 0.688. The minimum absolute atomic E-state index is 0. The Balaban J connectivity index is 0.000000490. The molecule has 39 valence electrons. The number of rotatable bonds is 0. The highest BCUT2D eigenvalue weighted by molar-refractivity contribution is 5.75. The summed E-state index contributed by atoms with van der Waals surface area (Å²) in [6, 6.07) is 5.18. The van der Waals surface area contributed by atoms with E-state index in [1.807, 2.05) is 0 Å². The first-order valence-electron chi connectivity index (χ1n) is 2.03. The molecule has 0 aliphatic carbocycles. The summed E-state index contributed by atoms with van der Waals surface area (Å²) in [5.41, 5.74) is 0. The summed E-state index contributed by atoms with van der Waals surface area (Å²) in [6.45, 7) is 0. The molecule has 3 heteroatoms. The molecule has 0 unspecified atom stereocenters. The Morgan fingerprint density at radius 1 is 1.00 bits per heavy atom. The van der Waals surface area contributed by atoms with Gasteiger partial charge in [0, 0.05) is 20.5 Å². The van der Waals surface area contributed by atoms with Crippen LogP contribution in [0.1, 0.15) is 0 Å². The van der Waals surface area contributed by atoms with Crippen LogP contribution in [0.5, 0.6) is 0 Å². The molecule has 1 aromatic rings. The normalized spacial score (nSPS) is 7.50. The topological polar surface area (TPSA) is 26.9 Å². The van der Waals surface area contributed by atoms with Crippen LogP contribution in [-0.2, 0) is 0 Å². The Bertz CT molecular complexity index is 142. The van der Waals surface area contributed by atoms with Gasteiger partial charge in [-0.1, -0.05) is 6.07 Å². The maximum atomic E-state index is 10.2. The SMILES string of the molecule is [B].[O-][n+]1ccccc1. The Hall–Kier alpha value is -0.985. The van der Waals surface area contributed by atoms with E-state index in [2.05, 4.69) is 0 Å². The van der Waals surface area contributed by atoms with Gasteiger partial charge in [-0.05, 0) is 0 Å². The van der Waals surface area contributed by atoms with E-state index in [-0.39, 0.29) is 8.41 Å². The molecule has 0 atom stereocenters. The van der Waals surface area contributed by atoms with Crippen LogP contribution in [0.4, 0.5) is 0 Å². The molecular weight excluding hydrogens is 101 g/mol. The molecule has 0 N–H and O–H groups in total. The van der Waals surface area contributed by atoms with E-state index in [4.69, 9.17) is 0 Å². The lowest BCUT2D eigenvalue weighted by molar-refractivity contribution is -0.605. The zero-order valence-corrected chi connectivity index (χ0v) is 4.32. The molecule has 1 rings (SSSR count). The Kier molecular flexibility index (Phi) is 2.70. The maximum absolute atomic E-state index is 10.2. The van der Waals surface area contributed by atoms with Gasteiger partial charge >= 0.3 is 0 Å². The number of hydrogen-bond acceptors (Lipinski definition) is 1. The van der Waals surface area contributed by atoms with Crippen molar-refractivity contribution in [1.82, 2.24) is 0 Å². The van der Waals surface area contributed by atoms with Crippen LogP contribution in [0.2, 0.25) is 0 Å². The maximum Gasteiger partial charge on any atom is 0.180 e. The summed E-state index contributed by atoms with van der Waals surface area (Å²) in [5, 5.41) is 10.2. The molecule has 0 fully saturated rings. The predicted octanol–water partition coefficient (Wildman–Crippen LogP) is -0.0608. The molecule has 1 heterocycles. The molecule has 3 radical (unpaired) electrons. The van der Waals surface area contributed by atoms with Crippen LogP contribution in [0.15, 0.2) is 30.6 Å². The fourth-order valence-corrected chi connectivity index (χ4v) is 0.383. The second kappa shape index (κ2) is 3.07. The van der Waals surface area contributed by atoms with Gasteiger partial charge in [-0.2, -0.15) is 4.73 Å². The summed E-state index contributed by atoms with van der Waals surface area (Å²) < 4.78 is 0.750. The van der Waals surface area contributed by atoms with Gasteiger partial charge < -0.3 is 5.21 Å². The summed E-state index contributed by atoms with van der Waals surface area (Å²) in [7, 11) is 0. The molecule has 0 aliphatic heterocycles. The van der Waals surface area contributed by atoms with E-state index >= 15 is 0 Å². The van der Waals surface area contributed by atoms with Crippen molar-refractivity contribution in [3.63, 3.8) is 0 Å². The second-order valence-corrected chi connectivity index (χ2v) is 1.24. The minimum atomic E-state index is 0. The van der Waals surface area contributed by atoms with Crippen molar-refractivity contribution in [3.8, 4) is 0 Å². The van der Waals surface area contributed by atoms with Gasteiger partial charge in [0.05, 0.1) is 0 Å². The zero-order valence-electron chi connectivity index (χ0n) is 4.32. The molecule has 8 heavy (non-hydrogen) atoms. The quantitative estimate of drug-likeness (QED) is 0.258. The summed E-state index contributed by atoms with van der Waals surface area (Å²) in [5.74, 6) is 0. The lowest BCUT2D eigenvalue weighted by Gasteiger charge is -1.88. The summed E-state index contributed by atoms with van der Waals surface area (Å²) >= 11 is 0. The smallest absolute Gasteiger partial charge is 0.180 e. The first kappa shape index (κ1) is 7.01. The third-order valence-electron chi connectivity index (χ3n) is 0.688. The van der Waals surface area contributed by atoms with E-state index in [9.17, 15) is 5.21 Å². The molecule has 0 bridgehead atoms. The second-order valence-electron chi connectivity index (χ2n) is 1.24. The zero-order chi connectivity index (χ0) is 5.11. The van der Waals surface area contributed by atoms with Crippen molar-refractivity contribution in [2.75, 3.05) is 0 Å². The highest BCUT2D eigenvalue weighted by Gasteiger charge is 1.74. The van der Waals surface area contributed by atoms with E-state index in [1.165, 1.54) is 12.4 Å². The fraction of sp³-hybridized carbons (Fsp3) is 0. The highest BCUT2D eigenvalue weighted by atomic mass is 16.5. The molecule has 2 nitrogen and oxygen atoms in total. The van der Waals surface area contributed by atoms with Gasteiger partial charge in [0.1, 0.15) is 0 Å². The van der Waals surface area contributed by atoms with Crippen molar-refractivity contribution >= 4 is 8.41 Å². The number of nitrogens with zero attached hydrogens (tertiary/aromatic N) is 1. The van der Waals surface area contributed by atoms with Crippen molar-refractivity contribution < 1.29 is 4.73 Å². The molecular formula is C5H5BNO. The molecule has 0 saturated heterocycles. The summed E-state index contributed by atoms with van der Waals surface area (Å²) in [6.07, 6.45) is 2.89. The molecule has 0 saturated carbocycles. The molecule has 0 aliphatic rings. The Labute approximate surface area is 49.9 Å². The van der Waals surface area contributed by atoms with Crippen molar-refractivity contribution in [3.05, 3.63) is 35.8 Å². The van der Waals surface area contributed by atoms with E-state index in [0.29, 0.717) is 0 Å². The lowest BCUT2D eigenvalue weighted by atomic mass is 10.5. The molecule has 0 amide bonds. The van der Waals surface area contributed by atoms with Crippen LogP contribution < -0.4 is 4.73 Å². The minimum Gasteiger partial charge on any atom is -0.619 e. The summed E-state index contributed by atoms with van der Waals surface area (Å²) in [4.78, 5) is 0. The monoisotopic (exact) mass is 106 g/mol. The molecule has 0 aromatic carbocycles. The van der Waals surface area contributed by atoms with Gasteiger partial charge in [-0.3, -0.25) is 0 Å². The highest BCUT2D eigenvalue weighted by Crippen LogP contribution is 1.72. The van der Waals surface area contributed by atoms with Crippen LogP contribution in [0, 0.1) is 5.21 Å². The molecule has 1 aromatic heterocycles. The van der Waals surface area contributed by atoms with Gasteiger partial charge in [-0.15, -0.1) is 0 Å².